The van der Waals surface area contributed by atoms with Gasteiger partial charge in [-0.15, -0.1) is 12.4 Å². The predicted molar refractivity (Wildman–Crippen MR) is 106 cm³/mol. The number of hydrogen-bond donors (Lipinski definition) is 1. The molecule has 1 fully saturated rings. The number of carbonyl (C=O) groups is 2. The van der Waals surface area contributed by atoms with Crippen LogP contribution in [0.25, 0.3) is 0 Å². The topological polar surface area (TPSA) is 66.6 Å². The minimum absolute atomic E-state index is 0. The van der Waals surface area contributed by atoms with Gasteiger partial charge in [0.2, 0.25) is 0 Å². The van der Waals surface area contributed by atoms with E-state index in [0.717, 1.165) is 6.42 Å². The van der Waals surface area contributed by atoms with E-state index in [1.165, 1.54) is 0 Å². The van der Waals surface area contributed by atoms with Crippen molar-refractivity contribution in [3.63, 3.8) is 0 Å². The highest BCUT2D eigenvalue weighted by molar-refractivity contribution is 6.30. The zero-order valence-electron chi connectivity index (χ0n) is 14.2. The molecule has 26 heavy (non-hydrogen) atoms. The first-order valence-electron chi connectivity index (χ1n) is 8.24. The quantitative estimate of drug-likeness (QED) is 0.795. The van der Waals surface area contributed by atoms with Crippen LogP contribution in [0.15, 0.2) is 48.5 Å². The highest BCUT2D eigenvalue weighted by Crippen LogP contribution is 2.15. The summed E-state index contributed by atoms with van der Waals surface area (Å²) in [6.07, 6.45) is 0.743. The standard InChI is InChI=1S/C19H20ClN3O2.ClH/c20-16-7-5-14(6-8-16)18(24)22-9-2-10-23(12-11-22)19(25)15-3-1-4-17(21)13-15;/h1,3-8,13H,2,9-12,21H2;1H. The summed E-state index contributed by atoms with van der Waals surface area (Å²) in [6, 6.07) is 13.9. The summed E-state index contributed by atoms with van der Waals surface area (Å²) >= 11 is 5.87. The molecule has 3 rings (SSSR count). The molecular weight excluding hydrogens is 373 g/mol. The second kappa shape index (κ2) is 8.92. The average molecular weight is 394 g/mol. The Morgan fingerprint density at radius 2 is 1.42 bits per heavy atom. The van der Waals surface area contributed by atoms with Crippen LogP contribution < -0.4 is 5.73 Å². The van der Waals surface area contributed by atoms with Crippen LogP contribution in [0.5, 0.6) is 0 Å². The van der Waals surface area contributed by atoms with E-state index in [0.29, 0.717) is 48.0 Å². The van der Waals surface area contributed by atoms with Gasteiger partial charge in [-0.05, 0) is 48.9 Å². The molecule has 0 spiro atoms. The van der Waals surface area contributed by atoms with Crippen molar-refractivity contribution in [2.45, 2.75) is 6.42 Å². The second-order valence-corrected chi connectivity index (χ2v) is 6.51. The number of amides is 2. The molecule has 0 aromatic heterocycles. The minimum Gasteiger partial charge on any atom is -0.399 e. The smallest absolute Gasteiger partial charge is 0.253 e. The van der Waals surface area contributed by atoms with E-state index in [2.05, 4.69) is 0 Å². The molecule has 0 saturated carbocycles. The lowest BCUT2D eigenvalue weighted by atomic mass is 10.1. The highest BCUT2D eigenvalue weighted by Gasteiger charge is 2.23. The molecule has 0 unspecified atom stereocenters. The van der Waals surface area contributed by atoms with Gasteiger partial charge in [0.15, 0.2) is 0 Å². The van der Waals surface area contributed by atoms with E-state index in [4.69, 9.17) is 17.3 Å². The zero-order valence-corrected chi connectivity index (χ0v) is 15.8. The Bertz CT molecular complexity index is 781. The maximum atomic E-state index is 12.6. The van der Waals surface area contributed by atoms with Gasteiger partial charge in [-0.3, -0.25) is 9.59 Å². The van der Waals surface area contributed by atoms with Gasteiger partial charge in [-0.2, -0.15) is 0 Å². The SMILES string of the molecule is Cl.Nc1cccc(C(=O)N2CCCN(C(=O)c3ccc(Cl)cc3)CC2)c1. The van der Waals surface area contributed by atoms with Gasteiger partial charge in [0, 0.05) is 48.0 Å². The van der Waals surface area contributed by atoms with Gasteiger partial charge in [0.1, 0.15) is 0 Å². The van der Waals surface area contributed by atoms with E-state index in [-0.39, 0.29) is 24.2 Å². The van der Waals surface area contributed by atoms with Crippen LogP contribution in [0.4, 0.5) is 5.69 Å². The summed E-state index contributed by atoms with van der Waals surface area (Å²) < 4.78 is 0. The van der Waals surface area contributed by atoms with Gasteiger partial charge >= 0.3 is 0 Å². The number of nitrogens with two attached hydrogens (primary N) is 1. The van der Waals surface area contributed by atoms with Gasteiger partial charge in [0.25, 0.3) is 11.8 Å². The molecule has 2 N–H and O–H groups in total. The van der Waals surface area contributed by atoms with Gasteiger partial charge in [-0.25, -0.2) is 0 Å². The van der Waals surface area contributed by atoms with Crippen LogP contribution in [0.1, 0.15) is 27.1 Å². The number of nitrogens with zero attached hydrogens (tertiary/aromatic N) is 2. The Labute approximate surface area is 164 Å². The number of carbonyl (C=O) groups excluding carboxylic acids is 2. The molecule has 0 aliphatic carbocycles. The summed E-state index contributed by atoms with van der Waals surface area (Å²) in [7, 11) is 0. The summed E-state index contributed by atoms with van der Waals surface area (Å²) in [5.74, 6) is -0.0805. The van der Waals surface area contributed by atoms with Crippen molar-refractivity contribution in [3.05, 3.63) is 64.7 Å². The first-order valence-corrected chi connectivity index (χ1v) is 8.62. The van der Waals surface area contributed by atoms with Gasteiger partial charge in [-0.1, -0.05) is 17.7 Å². The van der Waals surface area contributed by atoms with E-state index >= 15 is 0 Å². The lowest BCUT2D eigenvalue weighted by Crippen LogP contribution is -2.37. The minimum atomic E-state index is -0.0481. The van der Waals surface area contributed by atoms with Gasteiger partial charge < -0.3 is 15.5 Å². The van der Waals surface area contributed by atoms with Crippen molar-refractivity contribution >= 4 is 41.5 Å². The highest BCUT2D eigenvalue weighted by atomic mass is 35.5. The van der Waals surface area contributed by atoms with Crippen LogP contribution >= 0.6 is 24.0 Å². The molecular formula is C19H21Cl2N3O2. The molecule has 5 nitrogen and oxygen atoms in total. The zero-order chi connectivity index (χ0) is 17.8. The number of benzene rings is 2. The molecule has 1 heterocycles. The molecule has 2 aromatic rings. The first kappa shape index (κ1) is 20.1. The molecule has 1 saturated heterocycles. The number of hydrogen-bond acceptors (Lipinski definition) is 3. The summed E-state index contributed by atoms with van der Waals surface area (Å²) in [5.41, 5.74) is 7.52. The van der Waals surface area contributed by atoms with Crippen LogP contribution in [-0.4, -0.2) is 47.8 Å². The Morgan fingerprint density at radius 3 is 2.00 bits per heavy atom. The Hall–Kier alpha value is -2.24. The number of nitrogen functional groups attached to an aromatic ring is 1. The second-order valence-electron chi connectivity index (χ2n) is 6.07. The average Bonchev–Trinajstić information content (AvgIpc) is 2.87. The molecule has 7 heteroatoms. The third-order valence-corrected chi connectivity index (χ3v) is 4.55. The van der Waals surface area contributed by atoms with Crippen LogP contribution in [0.3, 0.4) is 0 Å². The summed E-state index contributed by atoms with van der Waals surface area (Å²) in [4.78, 5) is 28.8. The molecule has 138 valence electrons. The maximum Gasteiger partial charge on any atom is 0.253 e. The van der Waals surface area contributed by atoms with Crippen molar-refractivity contribution in [1.82, 2.24) is 9.80 Å². The fourth-order valence-corrected chi connectivity index (χ4v) is 3.08. The lowest BCUT2D eigenvalue weighted by molar-refractivity contribution is 0.0719. The van der Waals surface area contributed by atoms with Crippen molar-refractivity contribution < 1.29 is 9.59 Å². The molecule has 2 amide bonds. The van der Waals surface area contributed by atoms with Crippen molar-refractivity contribution in [3.8, 4) is 0 Å². The Balaban J connectivity index is 0.00000243. The van der Waals surface area contributed by atoms with E-state index < -0.39 is 0 Å². The fraction of sp³-hybridized carbons (Fsp3) is 0.263. The largest absolute Gasteiger partial charge is 0.399 e. The number of halogens is 2. The van der Waals surface area contributed by atoms with Crippen molar-refractivity contribution in [2.75, 3.05) is 31.9 Å². The van der Waals surface area contributed by atoms with E-state index in [1.54, 1.807) is 58.3 Å². The number of rotatable bonds is 2. The third kappa shape index (κ3) is 4.68. The normalized spacial score (nSPS) is 14.3. The fourth-order valence-electron chi connectivity index (χ4n) is 2.95. The Morgan fingerprint density at radius 1 is 0.846 bits per heavy atom. The maximum absolute atomic E-state index is 12.6. The summed E-state index contributed by atoms with van der Waals surface area (Å²) in [5, 5.41) is 0.603. The van der Waals surface area contributed by atoms with Crippen molar-refractivity contribution in [1.29, 1.82) is 0 Å². The predicted octanol–water partition coefficient (Wildman–Crippen LogP) is 3.33. The number of anilines is 1. The molecule has 2 aromatic carbocycles. The third-order valence-electron chi connectivity index (χ3n) is 4.30. The van der Waals surface area contributed by atoms with Crippen LogP contribution in [0.2, 0.25) is 5.02 Å². The van der Waals surface area contributed by atoms with Crippen molar-refractivity contribution in [2.24, 2.45) is 0 Å². The van der Waals surface area contributed by atoms with Crippen LogP contribution in [-0.2, 0) is 0 Å². The van der Waals surface area contributed by atoms with E-state index in [9.17, 15) is 9.59 Å². The Kier molecular flexibility index (Phi) is 6.89. The first-order chi connectivity index (χ1) is 12.0. The van der Waals surface area contributed by atoms with Gasteiger partial charge in [0.05, 0.1) is 0 Å². The molecule has 1 aliphatic heterocycles. The molecule has 1 aliphatic rings. The monoisotopic (exact) mass is 393 g/mol. The molecule has 0 bridgehead atoms. The molecule has 0 radical (unpaired) electrons. The summed E-state index contributed by atoms with van der Waals surface area (Å²) in [6.45, 7) is 2.27. The van der Waals surface area contributed by atoms with Crippen LogP contribution in [0, 0.1) is 0 Å². The van der Waals surface area contributed by atoms with E-state index in [1.807, 2.05) is 0 Å². The lowest BCUT2D eigenvalue weighted by Gasteiger charge is -2.22. The molecule has 0 atom stereocenters.